The molecule has 1 fully saturated rings. The average molecular weight is 323 g/mol. The molecule has 126 valence electrons. The van der Waals surface area contributed by atoms with Gasteiger partial charge >= 0.3 is 5.97 Å². The van der Waals surface area contributed by atoms with Crippen LogP contribution in [0.15, 0.2) is 60.7 Å². The smallest absolute Gasteiger partial charge is 0.338 e. The minimum absolute atomic E-state index is 0.228. The first-order valence-corrected chi connectivity index (χ1v) is 8.86. The lowest BCUT2D eigenvalue weighted by Crippen LogP contribution is -2.34. The van der Waals surface area contributed by atoms with E-state index in [2.05, 4.69) is 35.2 Å². The maximum Gasteiger partial charge on any atom is 0.338 e. The van der Waals surface area contributed by atoms with Gasteiger partial charge in [-0.05, 0) is 43.5 Å². The Balaban J connectivity index is 1.47. The summed E-state index contributed by atoms with van der Waals surface area (Å²) in [6, 6.07) is 20.4. The molecule has 0 N–H and O–H groups in total. The number of nitrogens with zero attached hydrogens (tertiary/aromatic N) is 1. The number of carbonyl (C=O) groups is 1. The first-order chi connectivity index (χ1) is 11.8. The molecule has 0 bridgehead atoms. The van der Waals surface area contributed by atoms with Crippen LogP contribution in [0.25, 0.3) is 0 Å². The van der Waals surface area contributed by atoms with Crippen LogP contribution < -0.4 is 0 Å². The average Bonchev–Trinajstić information content (AvgIpc) is 2.67. The van der Waals surface area contributed by atoms with E-state index in [4.69, 9.17) is 4.74 Å². The van der Waals surface area contributed by atoms with E-state index >= 15 is 0 Å². The summed E-state index contributed by atoms with van der Waals surface area (Å²) in [5.74, 6) is -0.228. The Hall–Kier alpha value is -2.13. The van der Waals surface area contributed by atoms with Gasteiger partial charge in [0.15, 0.2) is 0 Å². The molecular weight excluding hydrogens is 298 g/mol. The first-order valence-electron chi connectivity index (χ1n) is 8.86. The van der Waals surface area contributed by atoms with Crippen molar-refractivity contribution in [3.8, 4) is 0 Å². The van der Waals surface area contributed by atoms with Gasteiger partial charge in [0.1, 0.15) is 0 Å². The van der Waals surface area contributed by atoms with E-state index in [0.29, 0.717) is 18.2 Å². The van der Waals surface area contributed by atoms with E-state index < -0.39 is 0 Å². The molecule has 0 aliphatic carbocycles. The zero-order chi connectivity index (χ0) is 16.6. The highest BCUT2D eigenvalue weighted by molar-refractivity contribution is 5.89. The van der Waals surface area contributed by atoms with Crippen LogP contribution in [0, 0.1) is 0 Å². The number of benzene rings is 2. The predicted molar refractivity (Wildman–Crippen MR) is 95.9 cm³/mol. The maximum absolute atomic E-state index is 11.9. The van der Waals surface area contributed by atoms with E-state index in [1.54, 1.807) is 12.1 Å². The molecule has 2 aromatic carbocycles. The summed E-state index contributed by atoms with van der Waals surface area (Å²) in [6.07, 6.45) is 4.64. The van der Waals surface area contributed by atoms with Gasteiger partial charge in [-0.2, -0.15) is 0 Å². The summed E-state index contributed by atoms with van der Waals surface area (Å²) in [4.78, 5) is 14.5. The fraction of sp³-hybridized carbons (Fsp3) is 0.381. The van der Waals surface area contributed by atoms with Crippen LogP contribution in [0.4, 0.5) is 0 Å². The summed E-state index contributed by atoms with van der Waals surface area (Å²) in [7, 11) is 0. The number of hydrogen-bond donors (Lipinski definition) is 0. The lowest BCUT2D eigenvalue weighted by molar-refractivity contribution is 0.0472. The van der Waals surface area contributed by atoms with Gasteiger partial charge in [-0.3, -0.25) is 4.90 Å². The van der Waals surface area contributed by atoms with Gasteiger partial charge in [-0.25, -0.2) is 4.79 Å². The number of carbonyl (C=O) groups excluding carboxylic acids is 1. The van der Waals surface area contributed by atoms with Crippen molar-refractivity contribution in [3.05, 3.63) is 71.8 Å². The number of likely N-dealkylation sites (tertiary alicyclic amines) is 1. The molecule has 3 heteroatoms. The molecular formula is C21H25NO2. The molecule has 1 heterocycles. The molecule has 0 saturated carbocycles. The van der Waals surface area contributed by atoms with Crippen molar-refractivity contribution in [2.75, 3.05) is 19.7 Å². The summed E-state index contributed by atoms with van der Waals surface area (Å²) in [6.45, 7) is 2.58. The third kappa shape index (κ3) is 4.45. The standard InChI is InChI=1S/C21H25NO2/c23-21(19-12-5-2-6-13-19)24-17-9-16-22-15-8-7-14-20(22)18-10-3-1-4-11-18/h1-6,10-13,20H,7-9,14-17H2/t20-/m1/s1. The molecule has 2 aromatic rings. The lowest BCUT2D eigenvalue weighted by Gasteiger charge is -2.36. The van der Waals surface area contributed by atoms with Gasteiger partial charge in [0, 0.05) is 12.6 Å². The minimum atomic E-state index is -0.228. The van der Waals surface area contributed by atoms with Crippen molar-refractivity contribution in [1.29, 1.82) is 0 Å². The highest BCUT2D eigenvalue weighted by atomic mass is 16.5. The number of hydrogen-bond acceptors (Lipinski definition) is 3. The Kier molecular flexibility index (Phi) is 6.02. The minimum Gasteiger partial charge on any atom is -0.462 e. The topological polar surface area (TPSA) is 29.5 Å². The maximum atomic E-state index is 11.9. The Bertz CT molecular complexity index is 627. The first kappa shape index (κ1) is 16.7. The molecule has 3 nitrogen and oxygen atoms in total. The second kappa shape index (κ2) is 8.65. The lowest BCUT2D eigenvalue weighted by atomic mass is 9.95. The molecule has 1 atom stereocenters. The van der Waals surface area contributed by atoms with Crippen LogP contribution in [0.5, 0.6) is 0 Å². The van der Waals surface area contributed by atoms with Crippen LogP contribution in [-0.2, 0) is 4.74 Å². The Morgan fingerprint density at radius 1 is 1.00 bits per heavy atom. The number of esters is 1. The molecule has 1 saturated heterocycles. The van der Waals surface area contributed by atoms with Crippen LogP contribution in [0.1, 0.15) is 47.6 Å². The fourth-order valence-corrected chi connectivity index (χ4v) is 3.40. The SMILES string of the molecule is O=C(OCCCN1CCCC[C@@H]1c1ccccc1)c1ccccc1. The summed E-state index contributed by atoms with van der Waals surface area (Å²) in [5.41, 5.74) is 2.02. The van der Waals surface area contributed by atoms with Crippen molar-refractivity contribution < 1.29 is 9.53 Å². The summed E-state index contributed by atoms with van der Waals surface area (Å²) >= 11 is 0. The van der Waals surface area contributed by atoms with Gasteiger partial charge in [0.2, 0.25) is 0 Å². The molecule has 0 amide bonds. The normalized spacial score (nSPS) is 18.2. The second-order valence-electron chi connectivity index (χ2n) is 6.31. The molecule has 0 unspecified atom stereocenters. The van der Waals surface area contributed by atoms with Gasteiger partial charge in [0.25, 0.3) is 0 Å². The zero-order valence-corrected chi connectivity index (χ0v) is 14.1. The van der Waals surface area contributed by atoms with E-state index in [1.807, 2.05) is 18.2 Å². The molecule has 3 rings (SSSR count). The summed E-state index contributed by atoms with van der Waals surface area (Å²) < 4.78 is 5.39. The van der Waals surface area contributed by atoms with Gasteiger partial charge in [-0.1, -0.05) is 55.0 Å². The molecule has 24 heavy (non-hydrogen) atoms. The molecule has 0 aromatic heterocycles. The highest BCUT2D eigenvalue weighted by Crippen LogP contribution is 2.30. The summed E-state index contributed by atoms with van der Waals surface area (Å²) in [5, 5.41) is 0. The monoisotopic (exact) mass is 323 g/mol. The fourth-order valence-electron chi connectivity index (χ4n) is 3.40. The number of piperidine rings is 1. The van der Waals surface area contributed by atoms with Gasteiger partial charge in [-0.15, -0.1) is 0 Å². The van der Waals surface area contributed by atoms with Gasteiger partial charge < -0.3 is 4.74 Å². The Morgan fingerprint density at radius 2 is 1.71 bits per heavy atom. The Labute approximate surface area is 144 Å². The van der Waals surface area contributed by atoms with Crippen LogP contribution in [0.3, 0.4) is 0 Å². The van der Waals surface area contributed by atoms with Crippen molar-refractivity contribution in [1.82, 2.24) is 4.90 Å². The quantitative estimate of drug-likeness (QED) is 0.580. The van der Waals surface area contributed by atoms with Crippen molar-refractivity contribution in [3.63, 3.8) is 0 Å². The van der Waals surface area contributed by atoms with Crippen LogP contribution in [-0.4, -0.2) is 30.6 Å². The van der Waals surface area contributed by atoms with Crippen LogP contribution in [0.2, 0.25) is 0 Å². The van der Waals surface area contributed by atoms with Crippen LogP contribution >= 0.6 is 0 Å². The molecule has 0 spiro atoms. The third-order valence-electron chi connectivity index (χ3n) is 4.63. The van der Waals surface area contributed by atoms with Crippen molar-refractivity contribution in [2.45, 2.75) is 31.7 Å². The third-order valence-corrected chi connectivity index (χ3v) is 4.63. The van der Waals surface area contributed by atoms with Crippen molar-refractivity contribution >= 4 is 5.97 Å². The molecule has 0 radical (unpaired) electrons. The Morgan fingerprint density at radius 3 is 2.46 bits per heavy atom. The largest absolute Gasteiger partial charge is 0.462 e. The van der Waals surface area contributed by atoms with Crippen molar-refractivity contribution in [2.24, 2.45) is 0 Å². The second-order valence-corrected chi connectivity index (χ2v) is 6.31. The number of rotatable bonds is 6. The molecule has 1 aliphatic heterocycles. The van der Waals surface area contributed by atoms with E-state index in [1.165, 1.54) is 24.8 Å². The van der Waals surface area contributed by atoms with E-state index in [9.17, 15) is 4.79 Å². The predicted octanol–water partition coefficient (Wildman–Crippen LogP) is 4.46. The zero-order valence-electron chi connectivity index (χ0n) is 14.1. The van der Waals surface area contributed by atoms with E-state index in [-0.39, 0.29) is 5.97 Å². The van der Waals surface area contributed by atoms with Gasteiger partial charge in [0.05, 0.1) is 12.2 Å². The van der Waals surface area contributed by atoms with E-state index in [0.717, 1.165) is 19.5 Å². The highest BCUT2D eigenvalue weighted by Gasteiger charge is 2.23. The molecule has 1 aliphatic rings. The number of ether oxygens (including phenoxy) is 1.